The molecule has 2 saturated carbocycles. The minimum Gasteiger partial charge on any atom is -0.466 e. The van der Waals surface area contributed by atoms with Crippen molar-refractivity contribution in [3.8, 4) is 0 Å². The number of hydrogen-bond donors (Lipinski definition) is 0. The third kappa shape index (κ3) is 9.44. The van der Waals surface area contributed by atoms with E-state index in [4.69, 9.17) is 28.4 Å². The van der Waals surface area contributed by atoms with E-state index in [0.717, 1.165) is 45.3 Å². The summed E-state index contributed by atoms with van der Waals surface area (Å²) in [5.74, 6) is 0.947. The van der Waals surface area contributed by atoms with Crippen LogP contribution in [0.5, 0.6) is 0 Å². The monoisotopic (exact) mass is 771 g/mol. The van der Waals surface area contributed by atoms with Gasteiger partial charge in [0.15, 0.2) is 11.6 Å². The predicted octanol–water partition coefficient (Wildman–Crippen LogP) is 5.62. The van der Waals surface area contributed by atoms with Crippen molar-refractivity contribution < 1.29 is 68.0 Å². The van der Waals surface area contributed by atoms with Gasteiger partial charge in [-0.15, -0.1) is 0 Å². The second kappa shape index (κ2) is 17.0. The Morgan fingerprint density at radius 1 is 0.875 bits per heavy atom. The van der Waals surface area contributed by atoms with Crippen molar-refractivity contribution >= 4 is 17.5 Å². The summed E-state index contributed by atoms with van der Waals surface area (Å²) in [6, 6.07) is 0. The summed E-state index contributed by atoms with van der Waals surface area (Å²) in [7, 11) is 3.25. The molecule has 2 unspecified atom stereocenters. The van der Waals surface area contributed by atoms with Crippen molar-refractivity contribution in [2.24, 2.45) is 17.8 Å². The Morgan fingerprint density at radius 2 is 1.31 bits per heavy atom. The van der Waals surface area contributed by atoms with Crippen LogP contribution in [-0.4, -0.2) is 98.4 Å². The van der Waals surface area contributed by atoms with Crippen LogP contribution in [0.2, 0.25) is 0 Å². The van der Waals surface area contributed by atoms with E-state index in [-0.39, 0.29) is 104 Å². The van der Waals surface area contributed by atoms with Gasteiger partial charge in [0, 0.05) is 54.4 Å². The summed E-state index contributed by atoms with van der Waals surface area (Å²) in [5.41, 5.74) is 0.420. The molecule has 0 aromatic heterocycles. The number of esters is 1. The summed E-state index contributed by atoms with van der Waals surface area (Å²) in [5, 5.41) is 0. The maximum atomic E-state index is 12.2. The van der Waals surface area contributed by atoms with Crippen LogP contribution in [0, 0.1) is 25.2 Å². The number of carbonyl (C=O) groups is 3. The van der Waals surface area contributed by atoms with Gasteiger partial charge in [-0.3, -0.25) is 14.4 Å². The average Bonchev–Trinajstić information content (AvgIpc) is 3.85. The van der Waals surface area contributed by atoms with E-state index in [1.807, 2.05) is 0 Å². The molecule has 0 radical (unpaired) electrons. The number of Topliss-reactive ketones (excluding diaryl/α,β-unsaturated/α-hetero) is 2. The average molecular weight is 772 g/mol. The molecule has 6 aliphatic rings. The van der Waals surface area contributed by atoms with E-state index in [9.17, 15) is 14.4 Å². The number of ketones is 2. The van der Waals surface area contributed by atoms with Crippen LogP contribution in [0.1, 0.15) is 100 Å². The number of epoxide rings is 4. The first-order valence-corrected chi connectivity index (χ1v) is 17.1. The van der Waals surface area contributed by atoms with Crippen LogP contribution in [0.25, 0.3) is 0 Å². The summed E-state index contributed by atoms with van der Waals surface area (Å²) >= 11 is 0. The van der Waals surface area contributed by atoms with Crippen LogP contribution in [0.4, 0.5) is 0 Å². The number of hydrogen-bond acceptors (Lipinski definition) is 10. The van der Waals surface area contributed by atoms with Crippen molar-refractivity contribution in [3.05, 3.63) is 19.1 Å². The SMILES string of the molecule is CCOC(C)=O.CO[C@@H]1C(=O)CC[C@]2(CO2)C1[C@]1(C)O[C@@H]1CC=C(C)C.CO[C@@H]1C(=O)CC[C@]2(CO2)C1[C@]1(C)O[C@@H]1CCC(C)C.[CH3-].[Pd]. The van der Waals surface area contributed by atoms with Gasteiger partial charge in [0.05, 0.1) is 43.9 Å². The van der Waals surface area contributed by atoms with Crippen LogP contribution < -0.4 is 0 Å². The zero-order valence-corrected chi connectivity index (χ0v) is 32.6. The molecule has 0 aromatic carbocycles. The van der Waals surface area contributed by atoms with E-state index in [2.05, 4.69) is 52.4 Å². The first-order chi connectivity index (χ1) is 21.6. The Bertz CT molecular complexity index is 1140. The number of ether oxygens (including phenoxy) is 7. The smallest absolute Gasteiger partial charge is 0.302 e. The van der Waals surface area contributed by atoms with Gasteiger partial charge in [0.25, 0.3) is 0 Å². The summed E-state index contributed by atoms with van der Waals surface area (Å²) < 4.78 is 39.0. The van der Waals surface area contributed by atoms with Crippen molar-refractivity contribution in [2.45, 2.75) is 147 Å². The van der Waals surface area contributed by atoms with Gasteiger partial charge in [0.2, 0.25) is 0 Å². The molecule has 2 spiro atoms. The fraction of sp³-hybridized carbons (Fsp3) is 0.838. The van der Waals surface area contributed by atoms with Crippen molar-refractivity contribution in [1.82, 2.24) is 0 Å². The molecule has 48 heavy (non-hydrogen) atoms. The van der Waals surface area contributed by atoms with Gasteiger partial charge in [-0.05, 0) is 72.6 Å². The molecule has 0 aromatic rings. The number of rotatable bonds is 10. The summed E-state index contributed by atoms with van der Waals surface area (Å²) in [6.45, 7) is 18.0. The maximum Gasteiger partial charge on any atom is 0.302 e. The molecule has 2 aliphatic carbocycles. The first kappa shape index (κ1) is 43.1. The second-order valence-corrected chi connectivity index (χ2v) is 14.9. The normalized spacial score (nSPS) is 39.9. The Morgan fingerprint density at radius 3 is 1.65 bits per heavy atom. The number of allylic oxidation sites excluding steroid dienone is 1. The van der Waals surface area contributed by atoms with Crippen molar-refractivity contribution in [1.29, 1.82) is 0 Å². The number of methoxy groups -OCH3 is 2. The van der Waals surface area contributed by atoms with Gasteiger partial charge in [-0.1, -0.05) is 25.5 Å². The molecule has 6 fully saturated rings. The van der Waals surface area contributed by atoms with Gasteiger partial charge in [-0.2, -0.15) is 0 Å². The number of carbonyl (C=O) groups excluding carboxylic acids is 3. The fourth-order valence-electron chi connectivity index (χ4n) is 7.95. The molecule has 4 aliphatic heterocycles. The van der Waals surface area contributed by atoms with E-state index in [1.54, 1.807) is 21.1 Å². The largest absolute Gasteiger partial charge is 0.466 e. The molecule has 6 rings (SSSR count). The maximum absolute atomic E-state index is 12.2. The van der Waals surface area contributed by atoms with Gasteiger partial charge >= 0.3 is 5.97 Å². The van der Waals surface area contributed by atoms with E-state index >= 15 is 0 Å². The van der Waals surface area contributed by atoms with Gasteiger partial charge in [-0.25, -0.2) is 0 Å². The Hall–Kier alpha value is -1.03. The van der Waals surface area contributed by atoms with E-state index in [1.165, 1.54) is 12.5 Å². The molecular weight excluding hydrogens is 711 g/mol. The zero-order chi connectivity index (χ0) is 34.1. The van der Waals surface area contributed by atoms with Crippen LogP contribution >= 0.6 is 0 Å². The predicted molar refractivity (Wildman–Crippen MR) is 178 cm³/mol. The van der Waals surface area contributed by atoms with Gasteiger partial charge in [0.1, 0.15) is 34.6 Å². The van der Waals surface area contributed by atoms with Crippen LogP contribution in [-0.2, 0) is 68.0 Å². The summed E-state index contributed by atoms with van der Waals surface area (Å²) in [4.78, 5) is 34.1. The Labute approximate surface area is 302 Å². The van der Waals surface area contributed by atoms with E-state index < -0.39 is 0 Å². The molecule has 0 N–H and O–H groups in total. The molecule has 10 nitrogen and oxygen atoms in total. The zero-order valence-electron chi connectivity index (χ0n) is 31.1. The van der Waals surface area contributed by atoms with Gasteiger partial charge < -0.3 is 40.6 Å². The molecule has 4 heterocycles. The Balaban J connectivity index is 0.000000276. The topological polar surface area (TPSA) is 129 Å². The molecule has 0 amide bonds. The standard InChI is InChI=1S/C16H26O4.C16H24O4.C4H8O2.CH3.Pd/c2*1-10(2)5-6-12-15(3,20-12)14-13(18-4)11(17)7-8-16(14)9-19-16;1-3-6-4(2)5;;/h10,12-14H,5-9H2,1-4H3;5,12-14H,6-9H2,1-4H3;3H2,1-2H3;1H3;/q;;;-1;/t2*12-,13-,14?,15-,16+;;;/m11.../s1. The molecule has 4 saturated heterocycles. The minimum atomic E-state index is -0.382. The third-order valence-electron chi connectivity index (χ3n) is 10.8. The third-order valence-corrected chi connectivity index (χ3v) is 10.8. The first-order valence-electron chi connectivity index (χ1n) is 17.1. The molecular formula is C37H61O10Pd-. The van der Waals surface area contributed by atoms with E-state index in [0.29, 0.717) is 25.4 Å². The molecule has 11 heteroatoms. The van der Waals surface area contributed by atoms with Crippen LogP contribution in [0.15, 0.2) is 11.6 Å². The van der Waals surface area contributed by atoms with Crippen LogP contribution in [0.3, 0.4) is 0 Å². The minimum absolute atomic E-state index is 0. The quantitative estimate of drug-likeness (QED) is 0.0908. The van der Waals surface area contributed by atoms with Crippen molar-refractivity contribution in [3.63, 3.8) is 0 Å². The summed E-state index contributed by atoms with van der Waals surface area (Å²) in [6.07, 6.45) is 7.76. The Kier molecular flexibility index (Phi) is 15.3. The molecule has 280 valence electrons. The fourth-order valence-corrected chi connectivity index (χ4v) is 7.95. The van der Waals surface area contributed by atoms with Crippen molar-refractivity contribution in [2.75, 3.05) is 34.0 Å². The molecule has 10 atom stereocenters. The molecule has 0 bridgehead atoms. The second-order valence-electron chi connectivity index (χ2n) is 14.9.